The minimum Gasteiger partial charge on any atom is -0.378 e. The molecule has 1 N–H and O–H groups in total. The van der Waals surface area contributed by atoms with Crippen molar-refractivity contribution in [3.63, 3.8) is 0 Å². The zero-order valence-corrected chi connectivity index (χ0v) is 15.1. The molecule has 1 rings (SSSR count). The van der Waals surface area contributed by atoms with Gasteiger partial charge in [-0.15, -0.1) is 0 Å². The zero-order valence-electron chi connectivity index (χ0n) is 14.3. The van der Waals surface area contributed by atoms with Crippen molar-refractivity contribution in [2.45, 2.75) is 11.8 Å². The van der Waals surface area contributed by atoms with Crippen LogP contribution in [-0.2, 0) is 28.5 Å². The average molecular weight is 361 g/mol. The molecule has 7 nitrogen and oxygen atoms in total. The summed E-state index contributed by atoms with van der Waals surface area (Å²) < 4.78 is 44.6. The van der Waals surface area contributed by atoms with E-state index in [1.54, 1.807) is 12.1 Å². The number of hydrogen-bond donors (Lipinski definition) is 1. The molecule has 0 atom stereocenters. The Balaban J connectivity index is 2.01. The summed E-state index contributed by atoms with van der Waals surface area (Å²) in [4.78, 5) is 0.148. The first-order valence-corrected chi connectivity index (χ1v) is 9.31. The Morgan fingerprint density at radius 1 is 0.833 bits per heavy atom. The molecule has 24 heavy (non-hydrogen) atoms. The Morgan fingerprint density at radius 2 is 1.33 bits per heavy atom. The van der Waals surface area contributed by atoms with E-state index in [2.05, 4.69) is 5.32 Å². The van der Waals surface area contributed by atoms with Crippen LogP contribution in [0.1, 0.15) is 5.56 Å². The second-order valence-electron chi connectivity index (χ2n) is 5.03. The van der Waals surface area contributed by atoms with E-state index >= 15 is 0 Å². The zero-order chi connectivity index (χ0) is 17.7. The van der Waals surface area contributed by atoms with Crippen LogP contribution < -0.4 is 5.32 Å². The number of hydrogen-bond acceptors (Lipinski definition) is 7. The lowest BCUT2D eigenvalue weighted by Crippen LogP contribution is -2.17. The summed E-state index contributed by atoms with van der Waals surface area (Å²) in [5, 5.41) is 2.98. The van der Waals surface area contributed by atoms with Crippen molar-refractivity contribution in [1.82, 2.24) is 5.32 Å². The van der Waals surface area contributed by atoms with Crippen molar-refractivity contribution in [3.05, 3.63) is 29.8 Å². The van der Waals surface area contributed by atoms with Crippen LogP contribution in [0.25, 0.3) is 0 Å². The second-order valence-corrected chi connectivity index (χ2v) is 6.65. The summed E-state index contributed by atoms with van der Waals surface area (Å²) in [5.41, 5.74) is 0.990. The maximum atomic E-state index is 11.9. The average Bonchev–Trinajstić information content (AvgIpc) is 2.56. The van der Waals surface area contributed by atoms with E-state index < -0.39 is 10.1 Å². The molecule has 0 aliphatic heterocycles. The number of benzene rings is 1. The first-order chi connectivity index (χ1) is 11.6. The molecule has 0 aliphatic rings. The summed E-state index contributed by atoms with van der Waals surface area (Å²) in [7, 11) is -1.85. The van der Waals surface area contributed by atoms with Gasteiger partial charge in [-0.1, -0.05) is 17.7 Å². The normalized spacial score (nSPS) is 11.8. The third kappa shape index (κ3) is 9.31. The van der Waals surface area contributed by atoms with E-state index in [-0.39, 0.29) is 18.1 Å². The molecule has 0 unspecified atom stereocenters. The van der Waals surface area contributed by atoms with Gasteiger partial charge in [0.15, 0.2) is 0 Å². The lowest BCUT2D eigenvalue weighted by Gasteiger charge is -2.08. The maximum absolute atomic E-state index is 11.9. The van der Waals surface area contributed by atoms with Crippen LogP contribution in [0.5, 0.6) is 0 Å². The van der Waals surface area contributed by atoms with Gasteiger partial charge in [0.25, 0.3) is 10.1 Å². The Labute approximate surface area is 144 Å². The predicted octanol–water partition coefficient (Wildman–Crippen LogP) is 0.970. The topological polar surface area (TPSA) is 83.1 Å². The van der Waals surface area contributed by atoms with Gasteiger partial charge in [-0.05, 0) is 26.1 Å². The van der Waals surface area contributed by atoms with Crippen molar-refractivity contribution >= 4 is 10.1 Å². The molecule has 1 aromatic rings. The fourth-order valence-electron chi connectivity index (χ4n) is 1.69. The smallest absolute Gasteiger partial charge is 0.297 e. The quantitative estimate of drug-likeness (QED) is 0.390. The highest BCUT2D eigenvalue weighted by atomic mass is 32.2. The molecule has 0 radical (unpaired) electrons. The summed E-state index contributed by atoms with van der Waals surface area (Å²) in [6.45, 7) is 5.38. The highest BCUT2D eigenvalue weighted by Crippen LogP contribution is 2.12. The van der Waals surface area contributed by atoms with E-state index in [0.29, 0.717) is 33.0 Å². The first-order valence-electron chi connectivity index (χ1n) is 7.90. The summed E-state index contributed by atoms with van der Waals surface area (Å²) in [6.07, 6.45) is 0. The number of rotatable bonds is 14. The van der Waals surface area contributed by atoms with E-state index in [4.69, 9.17) is 18.4 Å². The van der Waals surface area contributed by atoms with Crippen molar-refractivity contribution in [3.8, 4) is 0 Å². The third-order valence-corrected chi connectivity index (χ3v) is 4.34. The molecule has 8 heteroatoms. The SMILES string of the molecule is CNCCOCCOCCOCCOS(=O)(=O)c1ccc(C)cc1. The van der Waals surface area contributed by atoms with Crippen molar-refractivity contribution in [1.29, 1.82) is 0 Å². The van der Waals surface area contributed by atoms with Crippen LogP contribution in [0.2, 0.25) is 0 Å². The molecule has 0 heterocycles. The third-order valence-electron chi connectivity index (χ3n) is 3.02. The molecule has 138 valence electrons. The molecule has 0 aromatic heterocycles. The van der Waals surface area contributed by atoms with Crippen molar-refractivity contribution in [2.24, 2.45) is 0 Å². The van der Waals surface area contributed by atoms with Gasteiger partial charge in [0.05, 0.1) is 51.1 Å². The standard InChI is InChI=1S/C16H27NO6S/c1-15-3-5-16(6-4-15)24(18,19)23-14-13-22-12-11-21-10-9-20-8-7-17-2/h3-6,17H,7-14H2,1-2H3. The van der Waals surface area contributed by atoms with Gasteiger partial charge in [-0.25, -0.2) is 0 Å². The number of ether oxygens (including phenoxy) is 3. The van der Waals surface area contributed by atoms with Crippen LogP contribution in [0.4, 0.5) is 0 Å². The van der Waals surface area contributed by atoms with Crippen LogP contribution in [-0.4, -0.2) is 68.3 Å². The summed E-state index contributed by atoms with van der Waals surface area (Å²) in [5.74, 6) is 0. The predicted molar refractivity (Wildman–Crippen MR) is 90.7 cm³/mol. The Kier molecular flexibility index (Phi) is 10.8. The highest BCUT2D eigenvalue weighted by Gasteiger charge is 2.14. The molecule has 0 amide bonds. The van der Waals surface area contributed by atoms with Gasteiger partial charge in [0.2, 0.25) is 0 Å². The van der Waals surface area contributed by atoms with E-state index in [1.807, 2.05) is 14.0 Å². The molecule has 0 bridgehead atoms. The Bertz CT molecular complexity index is 532. The van der Waals surface area contributed by atoms with Crippen LogP contribution in [0.3, 0.4) is 0 Å². The van der Waals surface area contributed by atoms with Crippen molar-refractivity contribution < 1.29 is 26.8 Å². The van der Waals surface area contributed by atoms with Crippen LogP contribution in [0, 0.1) is 6.92 Å². The molecular weight excluding hydrogens is 334 g/mol. The van der Waals surface area contributed by atoms with Gasteiger partial charge in [-0.2, -0.15) is 8.42 Å². The molecule has 0 spiro atoms. The van der Waals surface area contributed by atoms with Gasteiger partial charge < -0.3 is 19.5 Å². The van der Waals surface area contributed by atoms with Crippen molar-refractivity contribution in [2.75, 3.05) is 59.8 Å². The first kappa shape index (κ1) is 21.0. The number of likely N-dealkylation sites (N-methyl/N-ethyl adjacent to an activating group) is 1. The van der Waals surface area contributed by atoms with Gasteiger partial charge >= 0.3 is 0 Å². The van der Waals surface area contributed by atoms with E-state index in [0.717, 1.165) is 12.1 Å². The molecule has 0 fully saturated rings. The Morgan fingerprint density at radius 3 is 1.88 bits per heavy atom. The molecule has 0 aliphatic carbocycles. The maximum Gasteiger partial charge on any atom is 0.297 e. The van der Waals surface area contributed by atoms with Gasteiger partial charge in [-0.3, -0.25) is 4.18 Å². The van der Waals surface area contributed by atoms with Gasteiger partial charge in [0, 0.05) is 6.54 Å². The van der Waals surface area contributed by atoms with Crippen LogP contribution in [0.15, 0.2) is 29.2 Å². The molecule has 0 saturated carbocycles. The summed E-state index contributed by atoms with van der Waals surface area (Å²) in [6, 6.07) is 6.51. The highest BCUT2D eigenvalue weighted by molar-refractivity contribution is 7.86. The fraction of sp³-hybridized carbons (Fsp3) is 0.625. The second kappa shape index (κ2) is 12.3. The fourth-order valence-corrected chi connectivity index (χ4v) is 2.58. The van der Waals surface area contributed by atoms with Gasteiger partial charge in [0.1, 0.15) is 0 Å². The minimum atomic E-state index is -3.72. The monoisotopic (exact) mass is 361 g/mol. The number of nitrogens with one attached hydrogen (secondary N) is 1. The minimum absolute atomic E-state index is 0.0245. The molecule has 1 aromatic carbocycles. The lowest BCUT2D eigenvalue weighted by molar-refractivity contribution is 0.0104. The van der Waals surface area contributed by atoms with E-state index in [1.165, 1.54) is 12.1 Å². The largest absolute Gasteiger partial charge is 0.378 e. The van der Waals surface area contributed by atoms with Crippen LogP contribution >= 0.6 is 0 Å². The Hall–Kier alpha value is -1.03. The molecular formula is C16H27NO6S. The summed E-state index contributed by atoms with van der Waals surface area (Å²) >= 11 is 0. The van der Waals surface area contributed by atoms with E-state index in [9.17, 15) is 8.42 Å². The number of aryl methyl sites for hydroxylation is 1. The molecule has 0 saturated heterocycles. The lowest BCUT2D eigenvalue weighted by atomic mass is 10.2.